The third kappa shape index (κ3) is 5.45. The highest BCUT2D eigenvalue weighted by Crippen LogP contribution is 2.00. The van der Waals surface area contributed by atoms with Crippen molar-refractivity contribution in [1.29, 1.82) is 0 Å². The fraction of sp³-hybridized carbons (Fsp3) is 0.700. The van der Waals surface area contributed by atoms with Gasteiger partial charge in [0.05, 0.1) is 12.1 Å². The van der Waals surface area contributed by atoms with Crippen LogP contribution in [0.25, 0.3) is 0 Å². The van der Waals surface area contributed by atoms with E-state index in [1.165, 1.54) is 0 Å². The van der Waals surface area contributed by atoms with Crippen LogP contribution in [-0.2, 0) is 14.4 Å². The van der Waals surface area contributed by atoms with Gasteiger partial charge in [0.2, 0.25) is 5.91 Å². The molecule has 0 heterocycles. The minimum Gasteiger partial charge on any atom is -0.481 e. The molecule has 0 aliphatic carbocycles. The minimum absolute atomic E-state index is 0.0203. The van der Waals surface area contributed by atoms with Crippen LogP contribution in [0.15, 0.2) is 0 Å². The van der Waals surface area contributed by atoms with E-state index in [9.17, 15) is 14.4 Å². The first kappa shape index (κ1) is 14.6. The number of carbonyl (C=O) groups is 3. The van der Waals surface area contributed by atoms with E-state index in [1.807, 2.05) is 0 Å². The maximum absolute atomic E-state index is 11.4. The summed E-state index contributed by atoms with van der Waals surface area (Å²) >= 11 is 0. The molecule has 0 spiro atoms. The number of carboxylic acid groups (broad SMARTS) is 1. The zero-order chi connectivity index (χ0) is 12.7. The topological polar surface area (TPSA) is 109 Å². The first-order valence-corrected chi connectivity index (χ1v) is 5.11. The molecule has 0 rings (SSSR count). The Morgan fingerprint density at radius 3 is 2.38 bits per heavy atom. The predicted molar refractivity (Wildman–Crippen MR) is 57.7 cm³/mol. The smallest absolute Gasteiger partial charge is 0.303 e. The Balaban J connectivity index is 4.13. The van der Waals surface area contributed by atoms with Gasteiger partial charge in [0.15, 0.2) is 0 Å². The molecule has 0 aromatic carbocycles. The van der Waals surface area contributed by atoms with Gasteiger partial charge in [0.1, 0.15) is 6.29 Å². The zero-order valence-electron chi connectivity index (χ0n) is 9.47. The first-order chi connectivity index (χ1) is 7.38. The molecule has 0 unspecified atom stereocenters. The van der Waals surface area contributed by atoms with Crippen molar-refractivity contribution in [2.24, 2.45) is 11.7 Å². The molecule has 0 radical (unpaired) electrons. The molecule has 0 aromatic rings. The Morgan fingerprint density at radius 1 is 1.44 bits per heavy atom. The second-order valence-corrected chi connectivity index (χ2v) is 3.95. The van der Waals surface area contributed by atoms with Gasteiger partial charge in [-0.3, -0.25) is 9.59 Å². The molecule has 0 bridgehead atoms. The lowest BCUT2D eigenvalue weighted by Crippen LogP contribution is -2.48. The molecule has 6 nitrogen and oxygen atoms in total. The van der Waals surface area contributed by atoms with Gasteiger partial charge in [-0.25, -0.2) is 0 Å². The van der Waals surface area contributed by atoms with Gasteiger partial charge in [-0.1, -0.05) is 13.8 Å². The number of nitrogens with two attached hydrogens (primary N) is 1. The summed E-state index contributed by atoms with van der Waals surface area (Å²) in [5.74, 6) is -1.51. The van der Waals surface area contributed by atoms with Gasteiger partial charge in [0.25, 0.3) is 0 Å². The van der Waals surface area contributed by atoms with Gasteiger partial charge < -0.3 is 21.0 Å². The molecule has 6 heteroatoms. The Bertz CT molecular complexity index is 266. The SMILES string of the molecule is CC(C)[C@@H](C=O)NC(=O)[C@@H](N)CCC(=O)O. The highest BCUT2D eigenvalue weighted by molar-refractivity contribution is 5.84. The van der Waals surface area contributed by atoms with Gasteiger partial charge in [-0.15, -0.1) is 0 Å². The fourth-order valence-corrected chi connectivity index (χ4v) is 1.04. The third-order valence-electron chi connectivity index (χ3n) is 2.18. The van der Waals surface area contributed by atoms with Gasteiger partial charge in [-0.2, -0.15) is 0 Å². The van der Waals surface area contributed by atoms with Crippen LogP contribution in [0, 0.1) is 5.92 Å². The lowest BCUT2D eigenvalue weighted by molar-refractivity contribution is -0.137. The van der Waals surface area contributed by atoms with E-state index in [0.29, 0.717) is 6.29 Å². The number of carbonyl (C=O) groups excluding carboxylic acids is 2. The fourth-order valence-electron chi connectivity index (χ4n) is 1.04. The standard InChI is InChI=1S/C10H18N2O4/c1-6(2)8(5-13)12-10(16)7(11)3-4-9(14)15/h5-8H,3-4,11H2,1-2H3,(H,12,16)(H,14,15)/t7-,8+/m0/s1. The lowest BCUT2D eigenvalue weighted by Gasteiger charge is -2.18. The number of amides is 1. The van der Waals surface area contributed by atoms with Crippen molar-refractivity contribution in [2.75, 3.05) is 0 Å². The van der Waals surface area contributed by atoms with Crippen molar-refractivity contribution in [2.45, 2.75) is 38.8 Å². The summed E-state index contributed by atoms with van der Waals surface area (Å²) < 4.78 is 0. The van der Waals surface area contributed by atoms with Gasteiger partial charge in [-0.05, 0) is 12.3 Å². The van der Waals surface area contributed by atoms with E-state index < -0.39 is 24.0 Å². The van der Waals surface area contributed by atoms with Crippen LogP contribution in [0.1, 0.15) is 26.7 Å². The Morgan fingerprint density at radius 2 is 2.00 bits per heavy atom. The summed E-state index contributed by atoms with van der Waals surface area (Å²) in [5, 5.41) is 10.9. The molecule has 0 aliphatic heterocycles. The van der Waals surface area contributed by atoms with Crippen molar-refractivity contribution in [1.82, 2.24) is 5.32 Å². The van der Waals surface area contributed by atoms with E-state index in [1.54, 1.807) is 13.8 Å². The summed E-state index contributed by atoms with van der Waals surface area (Å²) in [6.45, 7) is 3.59. The molecular formula is C10H18N2O4. The molecular weight excluding hydrogens is 212 g/mol. The van der Waals surface area contributed by atoms with E-state index in [0.717, 1.165) is 0 Å². The summed E-state index contributed by atoms with van der Waals surface area (Å²) in [6, 6.07) is -1.47. The largest absolute Gasteiger partial charge is 0.481 e. The molecule has 4 N–H and O–H groups in total. The van der Waals surface area contributed by atoms with Gasteiger partial charge in [0, 0.05) is 6.42 Å². The number of rotatable bonds is 7. The second-order valence-electron chi connectivity index (χ2n) is 3.95. The Labute approximate surface area is 94.2 Å². The van der Waals surface area contributed by atoms with Crippen molar-refractivity contribution >= 4 is 18.2 Å². The van der Waals surface area contributed by atoms with Crippen LogP contribution in [0.4, 0.5) is 0 Å². The molecule has 16 heavy (non-hydrogen) atoms. The minimum atomic E-state index is -1.00. The van der Waals surface area contributed by atoms with E-state index >= 15 is 0 Å². The number of hydrogen-bond acceptors (Lipinski definition) is 4. The average Bonchev–Trinajstić information content (AvgIpc) is 2.21. The molecule has 0 aromatic heterocycles. The quantitative estimate of drug-likeness (QED) is 0.512. The van der Waals surface area contributed by atoms with Crippen LogP contribution in [0.3, 0.4) is 0 Å². The Hall–Kier alpha value is -1.43. The molecule has 2 atom stereocenters. The van der Waals surface area contributed by atoms with E-state index in [2.05, 4.69) is 5.32 Å². The molecule has 0 saturated carbocycles. The van der Waals surface area contributed by atoms with Crippen molar-refractivity contribution < 1.29 is 19.5 Å². The number of carboxylic acids is 1. The average molecular weight is 230 g/mol. The van der Waals surface area contributed by atoms with Crippen molar-refractivity contribution in [3.05, 3.63) is 0 Å². The molecule has 1 amide bonds. The number of nitrogens with one attached hydrogen (secondary N) is 1. The first-order valence-electron chi connectivity index (χ1n) is 5.11. The predicted octanol–water partition coefficient (Wildman–Crippen LogP) is -0.482. The van der Waals surface area contributed by atoms with E-state index in [4.69, 9.17) is 10.8 Å². The summed E-state index contributed by atoms with van der Waals surface area (Å²) in [5.41, 5.74) is 5.48. The van der Waals surface area contributed by atoms with Gasteiger partial charge >= 0.3 is 5.97 Å². The molecule has 0 saturated heterocycles. The van der Waals surface area contributed by atoms with E-state index in [-0.39, 0.29) is 18.8 Å². The summed E-state index contributed by atoms with van der Waals surface area (Å²) in [7, 11) is 0. The monoisotopic (exact) mass is 230 g/mol. The van der Waals surface area contributed by atoms with Crippen molar-refractivity contribution in [3.8, 4) is 0 Å². The molecule has 0 aliphatic rings. The second kappa shape index (κ2) is 6.95. The normalized spacial score (nSPS) is 14.2. The molecule has 92 valence electrons. The highest BCUT2D eigenvalue weighted by Gasteiger charge is 2.20. The summed E-state index contributed by atoms with van der Waals surface area (Å²) in [4.78, 5) is 32.3. The maximum Gasteiger partial charge on any atom is 0.303 e. The number of aliphatic carboxylic acids is 1. The van der Waals surface area contributed by atoms with Crippen molar-refractivity contribution in [3.63, 3.8) is 0 Å². The van der Waals surface area contributed by atoms with Crippen LogP contribution in [0.2, 0.25) is 0 Å². The Kier molecular flexibility index (Phi) is 6.32. The summed E-state index contributed by atoms with van der Waals surface area (Å²) in [6.07, 6.45) is 0.541. The lowest BCUT2D eigenvalue weighted by atomic mass is 10.0. The van der Waals surface area contributed by atoms with Crippen LogP contribution in [-0.4, -0.2) is 35.4 Å². The zero-order valence-corrected chi connectivity index (χ0v) is 9.47. The highest BCUT2D eigenvalue weighted by atomic mass is 16.4. The van der Waals surface area contributed by atoms with Crippen LogP contribution in [0.5, 0.6) is 0 Å². The van der Waals surface area contributed by atoms with Crippen LogP contribution < -0.4 is 11.1 Å². The van der Waals surface area contributed by atoms with Crippen LogP contribution >= 0.6 is 0 Å². The maximum atomic E-state index is 11.4. The number of hydrogen-bond donors (Lipinski definition) is 3. The number of aldehydes is 1. The third-order valence-corrected chi connectivity index (χ3v) is 2.18. The molecule has 0 fully saturated rings.